The molecule has 0 atom stereocenters. The van der Waals surface area contributed by atoms with Gasteiger partial charge in [-0.15, -0.1) is 0 Å². The minimum Gasteiger partial charge on any atom is -0.398 e. The predicted octanol–water partition coefficient (Wildman–Crippen LogP) is 4.17. The van der Waals surface area contributed by atoms with Crippen LogP contribution in [0.1, 0.15) is 11.1 Å². The normalized spacial score (nSPS) is 10.4. The van der Waals surface area contributed by atoms with Crippen LogP contribution in [0.3, 0.4) is 0 Å². The van der Waals surface area contributed by atoms with Gasteiger partial charge in [-0.3, -0.25) is 0 Å². The Bertz CT molecular complexity index is 489. The van der Waals surface area contributed by atoms with Crippen molar-refractivity contribution < 1.29 is 0 Å². The van der Waals surface area contributed by atoms with E-state index in [1.165, 1.54) is 0 Å². The van der Waals surface area contributed by atoms with E-state index in [2.05, 4.69) is 0 Å². The van der Waals surface area contributed by atoms with Gasteiger partial charge in [-0.05, 0) is 41.8 Å². The standard InChI is InChI=1S/C13H11Cl2N/c14-11-6-9(7-12(15)8-11)5-10-3-1-2-4-13(10)16/h1-4,6-8H,5,16H2. The number of anilines is 1. The second-order valence-electron chi connectivity index (χ2n) is 3.65. The molecule has 0 aliphatic heterocycles. The van der Waals surface area contributed by atoms with Crippen LogP contribution in [0.15, 0.2) is 42.5 Å². The van der Waals surface area contributed by atoms with Crippen molar-refractivity contribution in [2.45, 2.75) is 6.42 Å². The Balaban J connectivity index is 2.30. The first-order valence-electron chi connectivity index (χ1n) is 4.93. The summed E-state index contributed by atoms with van der Waals surface area (Å²) in [6, 6.07) is 13.3. The molecule has 2 N–H and O–H groups in total. The highest BCUT2D eigenvalue weighted by molar-refractivity contribution is 6.34. The van der Waals surface area contributed by atoms with E-state index < -0.39 is 0 Å². The van der Waals surface area contributed by atoms with Crippen molar-refractivity contribution in [1.82, 2.24) is 0 Å². The Hall–Kier alpha value is -1.18. The third-order valence-corrected chi connectivity index (χ3v) is 2.81. The zero-order valence-corrected chi connectivity index (χ0v) is 10.1. The maximum atomic E-state index is 5.94. The summed E-state index contributed by atoms with van der Waals surface area (Å²) in [5.74, 6) is 0. The molecule has 0 bridgehead atoms. The molecule has 0 aliphatic carbocycles. The topological polar surface area (TPSA) is 26.0 Å². The third kappa shape index (κ3) is 2.69. The van der Waals surface area contributed by atoms with Gasteiger partial charge in [0.2, 0.25) is 0 Å². The van der Waals surface area contributed by atoms with Crippen LogP contribution >= 0.6 is 23.2 Å². The van der Waals surface area contributed by atoms with E-state index in [4.69, 9.17) is 28.9 Å². The first-order valence-corrected chi connectivity index (χ1v) is 5.69. The zero-order valence-electron chi connectivity index (χ0n) is 8.58. The first kappa shape index (κ1) is 11.3. The van der Waals surface area contributed by atoms with E-state index in [-0.39, 0.29) is 0 Å². The van der Waals surface area contributed by atoms with Gasteiger partial charge in [0.1, 0.15) is 0 Å². The second kappa shape index (κ2) is 4.77. The quantitative estimate of drug-likeness (QED) is 0.797. The van der Waals surface area contributed by atoms with Crippen LogP contribution in [0.5, 0.6) is 0 Å². The van der Waals surface area contributed by atoms with E-state index in [0.717, 1.165) is 23.2 Å². The fourth-order valence-electron chi connectivity index (χ4n) is 1.63. The number of hydrogen-bond acceptors (Lipinski definition) is 1. The fraction of sp³-hybridized carbons (Fsp3) is 0.0769. The summed E-state index contributed by atoms with van der Waals surface area (Å²) >= 11 is 11.9. The Morgan fingerprint density at radius 2 is 1.56 bits per heavy atom. The van der Waals surface area contributed by atoms with Crippen molar-refractivity contribution in [3.63, 3.8) is 0 Å². The lowest BCUT2D eigenvalue weighted by Gasteiger charge is -2.06. The smallest absolute Gasteiger partial charge is 0.0423 e. The Morgan fingerprint density at radius 3 is 2.19 bits per heavy atom. The highest BCUT2D eigenvalue weighted by atomic mass is 35.5. The average Bonchev–Trinajstić information content (AvgIpc) is 2.20. The van der Waals surface area contributed by atoms with E-state index in [1.807, 2.05) is 36.4 Å². The van der Waals surface area contributed by atoms with Gasteiger partial charge in [0.25, 0.3) is 0 Å². The Kier molecular flexibility index (Phi) is 3.37. The molecule has 0 saturated carbocycles. The lowest BCUT2D eigenvalue weighted by molar-refractivity contribution is 1.20. The molecule has 0 radical (unpaired) electrons. The zero-order chi connectivity index (χ0) is 11.5. The van der Waals surface area contributed by atoms with E-state index in [1.54, 1.807) is 6.07 Å². The van der Waals surface area contributed by atoms with E-state index >= 15 is 0 Å². The molecular weight excluding hydrogens is 241 g/mol. The van der Waals surface area contributed by atoms with Crippen LogP contribution < -0.4 is 5.73 Å². The number of halogens is 2. The summed E-state index contributed by atoms with van der Waals surface area (Å²) in [4.78, 5) is 0. The molecule has 0 heterocycles. The minimum atomic E-state index is 0.650. The first-order chi connectivity index (χ1) is 7.65. The van der Waals surface area contributed by atoms with Gasteiger partial charge in [0, 0.05) is 15.7 Å². The maximum absolute atomic E-state index is 5.94. The number of hydrogen-bond donors (Lipinski definition) is 1. The van der Waals surface area contributed by atoms with Crippen molar-refractivity contribution in [2.24, 2.45) is 0 Å². The molecule has 2 aromatic rings. The van der Waals surface area contributed by atoms with Gasteiger partial charge in [-0.25, -0.2) is 0 Å². The van der Waals surface area contributed by atoms with Crippen molar-refractivity contribution in [1.29, 1.82) is 0 Å². The molecule has 3 heteroatoms. The summed E-state index contributed by atoms with van der Waals surface area (Å²) in [5.41, 5.74) is 8.82. The van der Waals surface area contributed by atoms with Gasteiger partial charge >= 0.3 is 0 Å². The van der Waals surface area contributed by atoms with E-state index in [9.17, 15) is 0 Å². The molecule has 2 aromatic carbocycles. The van der Waals surface area contributed by atoms with Crippen molar-refractivity contribution >= 4 is 28.9 Å². The van der Waals surface area contributed by atoms with Crippen LogP contribution in [0.4, 0.5) is 5.69 Å². The lowest BCUT2D eigenvalue weighted by atomic mass is 10.0. The summed E-state index contributed by atoms with van der Waals surface area (Å²) in [7, 11) is 0. The number of nitrogen functional groups attached to an aromatic ring is 1. The number of nitrogens with two attached hydrogens (primary N) is 1. The molecule has 0 spiro atoms. The predicted molar refractivity (Wildman–Crippen MR) is 70.1 cm³/mol. The summed E-state index contributed by atoms with van der Waals surface area (Å²) in [5, 5.41) is 1.30. The van der Waals surface area contributed by atoms with Crippen LogP contribution in [0, 0.1) is 0 Å². The Labute approximate surface area is 105 Å². The number of benzene rings is 2. The second-order valence-corrected chi connectivity index (χ2v) is 4.53. The van der Waals surface area contributed by atoms with Crippen LogP contribution in [0.25, 0.3) is 0 Å². The SMILES string of the molecule is Nc1ccccc1Cc1cc(Cl)cc(Cl)c1. The Morgan fingerprint density at radius 1 is 0.938 bits per heavy atom. The molecule has 16 heavy (non-hydrogen) atoms. The monoisotopic (exact) mass is 251 g/mol. The van der Waals surface area contributed by atoms with Crippen LogP contribution in [0.2, 0.25) is 10.0 Å². The number of rotatable bonds is 2. The lowest BCUT2D eigenvalue weighted by Crippen LogP contribution is -1.95. The van der Waals surface area contributed by atoms with Gasteiger partial charge in [0.05, 0.1) is 0 Å². The maximum Gasteiger partial charge on any atom is 0.0423 e. The van der Waals surface area contributed by atoms with Gasteiger partial charge in [-0.2, -0.15) is 0 Å². The van der Waals surface area contributed by atoms with Crippen LogP contribution in [-0.4, -0.2) is 0 Å². The largest absolute Gasteiger partial charge is 0.398 e. The number of para-hydroxylation sites is 1. The summed E-state index contributed by atoms with van der Waals surface area (Å²) in [6.45, 7) is 0. The molecule has 82 valence electrons. The van der Waals surface area contributed by atoms with Crippen LogP contribution in [-0.2, 0) is 6.42 Å². The van der Waals surface area contributed by atoms with E-state index in [0.29, 0.717) is 10.0 Å². The van der Waals surface area contributed by atoms with Gasteiger partial charge in [0.15, 0.2) is 0 Å². The molecule has 1 nitrogen and oxygen atoms in total. The van der Waals surface area contributed by atoms with Gasteiger partial charge < -0.3 is 5.73 Å². The fourth-order valence-corrected chi connectivity index (χ4v) is 2.20. The molecule has 0 fully saturated rings. The molecule has 0 saturated heterocycles. The molecular formula is C13H11Cl2N. The molecule has 0 unspecified atom stereocenters. The average molecular weight is 252 g/mol. The molecule has 2 rings (SSSR count). The van der Waals surface area contributed by atoms with Crippen molar-refractivity contribution in [3.8, 4) is 0 Å². The molecule has 0 aliphatic rings. The van der Waals surface area contributed by atoms with Crippen molar-refractivity contribution in [3.05, 3.63) is 63.6 Å². The highest BCUT2D eigenvalue weighted by Crippen LogP contribution is 2.22. The summed E-state index contributed by atoms with van der Waals surface area (Å²) in [6.07, 6.45) is 0.743. The third-order valence-electron chi connectivity index (χ3n) is 2.37. The summed E-state index contributed by atoms with van der Waals surface area (Å²) < 4.78 is 0. The molecule has 0 aromatic heterocycles. The highest BCUT2D eigenvalue weighted by Gasteiger charge is 2.02. The minimum absolute atomic E-state index is 0.650. The van der Waals surface area contributed by atoms with Crippen molar-refractivity contribution in [2.75, 3.05) is 5.73 Å². The van der Waals surface area contributed by atoms with Gasteiger partial charge in [-0.1, -0.05) is 41.4 Å². The molecule has 0 amide bonds.